The molecule has 5 heteroatoms. The maximum Gasteiger partial charge on any atom is 0.143 e. The molecule has 0 bridgehead atoms. The number of rotatable bonds is 1. The zero-order valence-electron chi connectivity index (χ0n) is 8.91. The topological polar surface area (TPSA) is 77.0 Å². The van der Waals surface area contributed by atoms with Crippen molar-refractivity contribution in [3.05, 3.63) is 42.5 Å². The van der Waals surface area contributed by atoms with E-state index in [2.05, 4.69) is 10.2 Å². The molecule has 17 heavy (non-hydrogen) atoms. The first-order valence-electron chi connectivity index (χ1n) is 5.15. The van der Waals surface area contributed by atoms with E-state index in [0.29, 0.717) is 11.4 Å². The maximum atomic E-state index is 9.76. The van der Waals surface area contributed by atoms with Crippen molar-refractivity contribution in [2.24, 2.45) is 0 Å². The lowest BCUT2D eigenvalue weighted by Gasteiger charge is -2.03. The van der Waals surface area contributed by atoms with Crippen LogP contribution in [0, 0.1) is 0 Å². The highest BCUT2D eigenvalue weighted by Crippen LogP contribution is 2.23. The van der Waals surface area contributed by atoms with Crippen molar-refractivity contribution >= 4 is 16.7 Å². The third-order valence-electron chi connectivity index (χ3n) is 2.50. The molecule has 0 radical (unpaired) electrons. The number of hydrogen-bond acceptors (Lipinski definition) is 4. The summed E-state index contributed by atoms with van der Waals surface area (Å²) in [6, 6.07) is 12.3. The predicted octanol–water partition coefficient (Wildman–Crippen LogP) is 1.71. The van der Waals surface area contributed by atoms with Crippen LogP contribution in [0.3, 0.4) is 0 Å². The van der Waals surface area contributed by atoms with Crippen LogP contribution in [0.1, 0.15) is 0 Å². The summed E-state index contributed by atoms with van der Waals surface area (Å²) in [6.45, 7) is 0. The zero-order valence-corrected chi connectivity index (χ0v) is 8.91. The number of nitrogen functional groups attached to an aromatic ring is 1. The minimum atomic E-state index is 0.0968. The lowest BCUT2D eigenvalue weighted by atomic mass is 10.2. The molecule has 0 unspecified atom stereocenters. The first kappa shape index (κ1) is 9.65. The SMILES string of the molecule is Nc1ccc(O)c(-n2nc3ccccc3n2)c1. The van der Waals surface area contributed by atoms with Crippen molar-refractivity contribution in [3.63, 3.8) is 0 Å². The summed E-state index contributed by atoms with van der Waals surface area (Å²) in [5, 5.41) is 18.3. The average Bonchev–Trinajstić information content (AvgIpc) is 2.75. The Balaban J connectivity index is 2.23. The normalized spacial score (nSPS) is 10.8. The Kier molecular flexibility index (Phi) is 1.98. The molecular weight excluding hydrogens is 216 g/mol. The van der Waals surface area contributed by atoms with Gasteiger partial charge in [0.15, 0.2) is 0 Å². The fraction of sp³-hybridized carbons (Fsp3) is 0. The van der Waals surface area contributed by atoms with Gasteiger partial charge in [0.25, 0.3) is 0 Å². The number of fused-ring (bicyclic) bond motifs is 1. The molecule has 2 aromatic carbocycles. The van der Waals surface area contributed by atoms with E-state index in [9.17, 15) is 5.11 Å². The van der Waals surface area contributed by atoms with Gasteiger partial charge in [0.1, 0.15) is 22.5 Å². The summed E-state index contributed by atoms with van der Waals surface area (Å²) in [5.41, 5.74) is 8.25. The third-order valence-corrected chi connectivity index (χ3v) is 2.50. The quantitative estimate of drug-likeness (QED) is 0.489. The molecule has 0 atom stereocenters. The van der Waals surface area contributed by atoms with Crippen LogP contribution in [-0.4, -0.2) is 20.1 Å². The van der Waals surface area contributed by atoms with Gasteiger partial charge in [-0.1, -0.05) is 12.1 Å². The highest BCUT2D eigenvalue weighted by atomic mass is 16.3. The van der Waals surface area contributed by atoms with E-state index in [1.54, 1.807) is 12.1 Å². The second-order valence-corrected chi connectivity index (χ2v) is 3.73. The van der Waals surface area contributed by atoms with Crippen molar-refractivity contribution in [3.8, 4) is 11.4 Å². The molecule has 0 fully saturated rings. The molecule has 0 spiro atoms. The van der Waals surface area contributed by atoms with Crippen molar-refractivity contribution in [1.29, 1.82) is 0 Å². The Morgan fingerprint density at radius 3 is 2.29 bits per heavy atom. The molecule has 0 aliphatic rings. The average molecular weight is 226 g/mol. The monoisotopic (exact) mass is 226 g/mol. The number of aromatic nitrogens is 3. The summed E-state index contributed by atoms with van der Waals surface area (Å²) in [4.78, 5) is 1.39. The molecule has 0 amide bonds. The Bertz CT molecular complexity index is 657. The van der Waals surface area contributed by atoms with Crippen LogP contribution in [0.25, 0.3) is 16.7 Å². The number of phenolic OH excluding ortho intramolecular Hbond substituents is 1. The predicted molar refractivity (Wildman–Crippen MR) is 64.9 cm³/mol. The van der Waals surface area contributed by atoms with Gasteiger partial charge in [-0.3, -0.25) is 0 Å². The van der Waals surface area contributed by atoms with Gasteiger partial charge in [-0.15, -0.1) is 15.0 Å². The van der Waals surface area contributed by atoms with E-state index in [1.165, 1.54) is 10.9 Å². The Morgan fingerprint density at radius 2 is 1.65 bits per heavy atom. The summed E-state index contributed by atoms with van der Waals surface area (Å²) in [7, 11) is 0. The fourth-order valence-electron chi connectivity index (χ4n) is 1.67. The van der Waals surface area contributed by atoms with Gasteiger partial charge in [0.2, 0.25) is 0 Å². The molecule has 3 N–H and O–H groups in total. The summed E-state index contributed by atoms with van der Waals surface area (Å²) in [5.74, 6) is 0.0968. The van der Waals surface area contributed by atoms with Gasteiger partial charge in [-0.05, 0) is 30.3 Å². The standard InChI is InChI=1S/C12H10N4O/c13-8-5-6-12(17)11(7-8)16-14-9-3-1-2-4-10(9)15-16/h1-7,17H,13H2. The van der Waals surface area contributed by atoms with Gasteiger partial charge in [0, 0.05) is 5.69 Å². The van der Waals surface area contributed by atoms with Crippen LogP contribution in [0.5, 0.6) is 5.75 Å². The van der Waals surface area contributed by atoms with E-state index in [1.807, 2.05) is 24.3 Å². The van der Waals surface area contributed by atoms with E-state index >= 15 is 0 Å². The number of nitrogens with two attached hydrogens (primary N) is 1. The van der Waals surface area contributed by atoms with Gasteiger partial charge >= 0.3 is 0 Å². The second kappa shape index (κ2) is 3.48. The van der Waals surface area contributed by atoms with E-state index in [4.69, 9.17) is 5.73 Å². The van der Waals surface area contributed by atoms with E-state index in [0.717, 1.165) is 11.0 Å². The van der Waals surface area contributed by atoms with Crippen molar-refractivity contribution < 1.29 is 5.11 Å². The summed E-state index contributed by atoms with van der Waals surface area (Å²) in [6.07, 6.45) is 0. The Hall–Kier alpha value is -2.56. The van der Waals surface area contributed by atoms with Gasteiger partial charge in [0.05, 0.1) is 0 Å². The first-order chi connectivity index (χ1) is 8.24. The number of aromatic hydroxyl groups is 1. The van der Waals surface area contributed by atoms with Gasteiger partial charge in [-0.2, -0.15) is 0 Å². The largest absolute Gasteiger partial charge is 0.506 e. The molecule has 0 saturated heterocycles. The Labute approximate surface area is 97.1 Å². The number of anilines is 1. The number of nitrogens with zero attached hydrogens (tertiary/aromatic N) is 3. The van der Waals surface area contributed by atoms with Gasteiger partial charge in [-0.25, -0.2) is 0 Å². The van der Waals surface area contributed by atoms with Crippen LogP contribution in [0.15, 0.2) is 42.5 Å². The molecule has 0 aliphatic carbocycles. The van der Waals surface area contributed by atoms with Crippen LogP contribution in [0.4, 0.5) is 5.69 Å². The second-order valence-electron chi connectivity index (χ2n) is 3.73. The lowest BCUT2D eigenvalue weighted by molar-refractivity contribution is 0.468. The van der Waals surface area contributed by atoms with Crippen molar-refractivity contribution in [2.75, 3.05) is 5.73 Å². The zero-order chi connectivity index (χ0) is 11.8. The highest BCUT2D eigenvalue weighted by Gasteiger charge is 2.08. The molecule has 0 aliphatic heterocycles. The van der Waals surface area contributed by atoms with Gasteiger partial charge < -0.3 is 10.8 Å². The minimum Gasteiger partial charge on any atom is -0.506 e. The van der Waals surface area contributed by atoms with E-state index < -0.39 is 0 Å². The highest BCUT2D eigenvalue weighted by molar-refractivity contribution is 5.73. The molecule has 5 nitrogen and oxygen atoms in total. The first-order valence-corrected chi connectivity index (χ1v) is 5.15. The van der Waals surface area contributed by atoms with Crippen LogP contribution >= 0.6 is 0 Å². The molecular formula is C12H10N4O. The maximum absolute atomic E-state index is 9.76. The Morgan fingerprint density at radius 1 is 1.00 bits per heavy atom. The van der Waals surface area contributed by atoms with Crippen molar-refractivity contribution in [1.82, 2.24) is 15.0 Å². The smallest absolute Gasteiger partial charge is 0.143 e. The summed E-state index contributed by atoms with van der Waals surface area (Å²) >= 11 is 0. The molecule has 0 saturated carbocycles. The summed E-state index contributed by atoms with van der Waals surface area (Å²) < 4.78 is 0. The molecule has 84 valence electrons. The van der Waals surface area contributed by atoms with Crippen molar-refractivity contribution in [2.45, 2.75) is 0 Å². The number of hydrogen-bond donors (Lipinski definition) is 2. The number of phenols is 1. The van der Waals surface area contributed by atoms with Crippen LogP contribution in [-0.2, 0) is 0 Å². The fourth-order valence-corrected chi connectivity index (χ4v) is 1.67. The third kappa shape index (κ3) is 1.57. The van der Waals surface area contributed by atoms with Crippen LogP contribution < -0.4 is 5.73 Å². The lowest BCUT2D eigenvalue weighted by Crippen LogP contribution is -2.00. The number of benzene rings is 2. The molecule has 1 heterocycles. The molecule has 3 aromatic rings. The molecule has 1 aromatic heterocycles. The minimum absolute atomic E-state index is 0.0968. The molecule has 3 rings (SSSR count). The van der Waals surface area contributed by atoms with Crippen LogP contribution in [0.2, 0.25) is 0 Å². The van der Waals surface area contributed by atoms with E-state index in [-0.39, 0.29) is 5.75 Å².